The number of methoxy groups -OCH3 is 2. The molecule has 7 heteroatoms. The van der Waals surface area contributed by atoms with Gasteiger partial charge in [0.1, 0.15) is 17.2 Å². The zero-order valence-electron chi connectivity index (χ0n) is 20.5. The van der Waals surface area contributed by atoms with Gasteiger partial charge >= 0.3 is 5.97 Å². The van der Waals surface area contributed by atoms with Gasteiger partial charge in [-0.2, -0.15) is 0 Å². The van der Waals surface area contributed by atoms with Crippen LogP contribution in [0.3, 0.4) is 0 Å². The molecule has 0 aromatic heterocycles. The van der Waals surface area contributed by atoms with E-state index in [0.717, 1.165) is 16.9 Å². The Morgan fingerprint density at radius 3 is 2.39 bits per heavy atom. The van der Waals surface area contributed by atoms with Crippen LogP contribution in [0.5, 0.6) is 28.7 Å². The SMILES string of the molecule is COc1ccc(C=C2Oc3c(ccc4c3C(c3ccc(OC(C)C)c(OC)c3)CC(=O)O4)C2=O)cc1. The van der Waals surface area contributed by atoms with Crippen molar-refractivity contribution in [1.82, 2.24) is 0 Å². The van der Waals surface area contributed by atoms with Gasteiger partial charge in [0.15, 0.2) is 17.3 Å². The summed E-state index contributed by atoms with van der Waals surface area (Å²) in [5, 5.41) is 0. The molecule has 0 amide bonds. The van der Waals surface area contributed by atoms with Crippen molar-refractivity contribution in [2.45, 2.75) is 32.3 Å². The van der Waals surface area contributed by atoms with Gasteiger partial charge in [0.25, 0.3) is 0 Å². The number of carbonyl (C=O) groups excluding carboxylic acids is 2. The van der Waals surface area contributed by atoms with Crippen molar-refractivity contribution in [3.05, 3.63) is 82.6 Å². The quantitative estimate of drug-likeness (QED) is 0.257. The Kier molecular flexibility index (Phi) is 6.14. The van der Waals surface area contributed by atoms with Gasteiger partial charge in [-0.1, -0.05) is 18.2 Å². The highest BCUT2D eigenvalue weighted by molar-refractivity contribution is 6.15. The summed E-state index contributed by atoms with van der Waals surface area (Å²) in [6, 6.07) is 16.2. The van der Waals surface area contributed by atoms with Crippen molar-refractivity contribution in [3.63, 3.8) is 0 Å². The van der Waals surface area contributed by atoms with E-state index >= 15 is 0 Å². The highest BCUT2D eigenvalue weighted by Gasteiger charge is 2.38. The fraction of sp³-hybridized carbons (Fsp3) is 0.241. The van der Waals surface area contributed by atoms with Gasteiger partial charge in [0, 0.05) is 11.5 Å². The van der Waals surface area contributed by atoms with Crippen LogP contribution in [0.15, 0.2) is 60.4 Å². The zero-order chi connectivity index (χ0) is 25.4. The predicted octanol–water partition coefficient (Wildman–Crippen LogP) is 5.55. The molecule has 1 unspecified atom stereocenters. The molecule has 0 aliphatic carbocycles. The van der Waals surface area contributed by atoms with Gasteiger partial charge in [-0.25, -0.2) is 0 Å². The average Bonchev–Trinajstić information content (AvgIpc) is 3.18. The molecule has 2 heterocycles. The van der Waals surface area contributed by atoms with Crippen LogP contribution in [-0.4, -0.2) is 32.1 Å². The molecule has 36 heavy (non-hydrogen) atoms. The van der Waals surface area contributed by atoms with Gasteiger partial charge in [0.2, 0.25) is 5.78 Å². The van der Waals surface area contributed by atoms with Crippen molar-refractivity contribution in [1.29, 1.82) is 0 Å². The minimum absolute atomic E-state index is 0.0197. The lowest BCUT2D eigenvalue weighted by Gasteiger charge is -2.27. The van der Waals surface area contributed by atoms with Gasteiger partial charge < -0.3 is 23.7 Å². The molecule has 2 aliphatic rings. The number of hydrogen-bond donors (Lipinski definition) is 0. The van der Waals surface area contributed by atoms with Gasteiger partial charge in [0.05, 0.1) is 32.3 Å². The van der Waals surface area contributed by atoms with E-state index in [4.69, 9.17) is 23.7 Å². The van der Waals surface area contributed by atoms with Gasteiger partial charge in [-0.15, -0.1) is 0 Å². The van der Waals surface area contributed by atoms with Crippen LogP contribution in [0.1, 0.15) is 53.2 Å². The second-order valence-electron chi connectivity index (χ2n) is 8.87. The first-order chi connectivity index (χ1) is 17.4. The number of esters is 1. The normalized spacial score (nSPS) is 17.4. The first kappa shape index (κ1) is 23.5. The molecule has 0 saturated carbocycles. The summed E-state index contributed by atoms with van der Waals surface area (Å²) < 4.78 is 28.3. The van der Waals surface area contributed by atoms with Gasteiger partial charge in [-0.3, -0.25) is 9.59 Å². The molecular formula is C29H26O7. The molecule has 0 N–H and O–H groups in total. The fourth-order valence-corrected chi connectivity index (χ4v) is 4.49. The summed E-state index contributed by atoms with van der Waals surface area (Å²) in [6.45, 7) is 3.88. The highest BCUT2D eigenvalue weighted by atomic mass is 16.5. The van der Waals surface area contributed by atoms with Crippen molar-refractivity contribution in [2.24, 2.45) is 0 Å². The highest BCUT2D eigenvalue weighted by Crippen LogP contribution is 2.49. The molecule has 5 rings (SSSR count). The molecule has 2 aliphatic heterocycles. The zero-order valence-corrected chi connectivity index (χ0v) is 20.5. The third-order valence-electron chi connectivity index (χ3n) is 6.15. The molecule has 0 spiro atoms. The van der Waals surface area contributed by atoms with E-state index in [2.05, 4.69) is 0 Å². The Labute approximate surface area is 209 Å². The van der Waals surface area contributed by atoms with Crippen LogP contribution in [-0.2, 0) is 4.79 Å². The van der Waals surface area contributed by atoms with E-state index in [0.29, 0.717) is 34.1 Å². The van der Waals surface area contributed by atoms with Crippen LogP contribution in [0, 0.1) is 0 Å². The van der Waals surface area contributed by atoms with Crippen molar-refractivity contribution in [2.75, 3.05) is 14.2 Å². The Morgan fingerprint density at radius 2 is 1.69 bits per heavy atom. The number of benzene rings is 3. The van der Waals surface area contributed by atoms with Crippen molar-refractivity contribution in [3.8, 4) is 28.7 Å². The third-order valence-corrected chi connectivity index (χ3v) is 6.15. The second kappa shape index (κ2) is 9.41. The van der Waals surface area contributed by atoms with Gasteiger partial charge in [-0.05, 0) is 67.4 Å². The molecule has 0 radical (unpaired) electrons. The molecular weight excluding hydrogens is 460 g/mol. The van der Waals surface area contributed by atoms with Crippen LogP contribution >= 0.6 is 0 Å². The maximum Gasteiger partial charge on any atom is 0.312 e. The van der Waals surface area contributed by atoms with Crippen LogP contribution in [0.4, 0.5) is 0 Å². The molecule has 0 fully saturated rings. The smallest absolute Gasteiger partial charge is 0.312 e. The van der Waals surface area contributed by atoms with Crippen LogP contribution in [0.25, 0.3) is 6.08 Å². The second-order valence-corrected chi connectivity index (χ2v) is 8.87. The number of Topliss-reactive ketones (excluding diaryl/α,β-unsaturated/α-hetero) is 1. The summed E-state index contributed by atoms with van der Waals surface area (Å²) in [4.78, 5) is 25.7. The predicted molar refractivity (Wildman–Crippen MR) is 133 cm³/mol. The fourth-order valence-electron chi connectivity index (χ4n) is 4.49. The number of hydrogen-bond acceptors (Lipinski definition) is 7. The van der Waals surface area contributed by atoms with E-state index in [9.17, 15) is 9.59 Å². The summed E-state index contributed by atoms with van der Waals surface area (Å²) in [5.41, 5.74) is 2.73. The van der Waals surface area contributed by atoms with Crippen molar-refractivity contribution >= 4 is 17.8 Å². The van der Waals surface area contributed by atoms with E-state index in [1.807, 2.05) is 56.3 Å². The lowest BCUT2D eigenvalue weighted by molar-refractivity contribution is -0.135. The summed E-state index contributed by atoms with van der Waals surface area (Å²) in [5.74, 6) is 1.94. The van der Waals surface area contributed by atoms with Crippen LogP contribution in [0.2, 0.25) is 0 Å². The van der Waals surface area contributed by atoms with Crippen LogP contribution < -0.4 is 23.7 Å². The monoisotopic (exact) mass is 486 g/mol. The lowest BCUT2D eigenvalue weighted by atomic mass is 9.84. The minimum Gasteiger partial charge on any atom is -0.497 e. The Hall–Kier alpha value is -4.26. The van der Waals surface area contributed by atoms with E-state index < -0.39 is 0 Å². The molecule has 3 aromatic carbocycles. The summed E-state index contributed by atoms with van der Waals surface area (Å²) in [6.07, 6.45) is 1.78. The number of ketones is 1. The Bertz CT molecular complexity index is 1370. The number of allylic oxidation sites excluding steroid dienone is 1. The topological polar surface area (TPSA) is 80.3 Å². The van der Waals surface area contributed by atoms with E-state index in [1.54, 1.807) is 32.4 Å². The maximum absolute atomic E-state index is 13.2. The largest absolute Gasteiger partial charge is 0.497 e. The minimum atomic E-state index is -0.383. The van der Waals surface area contributed by atoms with Crippen molar-refractivity contribution < 1.29 is 33.3 Å². The number of ether oxygens (including phenoxy) is 5. The molecule has 0 bridgehead atoms. The average molecular weight is 487 g/mol. The third kappa shape index (κ3) is 4.28. The number of rotatable bonds is 6. The summed E-state index contributed by atoms with van der Waals surface area (Å²) >= 11 is 0. The molecule has 0 saturated heterocycles. The van der Waals surface area contributed by atoms with E-state index in [-0.39, 0.29) is 36.0 Å². The first-order valence-electron chi connectivity index (χ1n) is 11.7. The molecule has 184 valence electrons. The Morgan fingerprint density at radius 1 is 0.917 bits per heavy atom. The number of fused-ring (bicyclic) bond motifs is 3. The summed E-state index contributed by atoms with van der Waals surface area (Å²) in [7, 11) is 3.17. The first-order valence-corrected chi connectivity index (χ1v) is 11.7. The Balaban J connectivity index is 1.56. The standard InChI is InChI=1S/C29H26O7/c1-16(2)34-22-11-7-18(14-24(22)33-4)21-15-26(30)35-23-12-10-20-28(31)25(36-29(20)27(21)23)13-17-5-8-19(32-3)9-6-17/h5-14,16,21H,15H2,1-4H3. The lowest BCUT2D eigenvalue weighted by Crippen LogP contribution is -2.21. The molecule has 1 atom stereocenters. The molecule has 3 aromatic rings. The number of carbonyl (C=O) groups is 2. The molecule has 7 nitrogen and oxygen atoms in total. The van der Waals surface area contributed by atoms with E-state index in [1.165, 1.54) is 0 Å². The maximum atomic E-state index is 13.2.